The molecule has 0 aliphatic carbocycles. The van der Waals surface area contributed by atoms with Gasteiger partial charge in [0.15, 0.2) is 0 Å². The third kappa shape index (κ3) is 3.63. The highest BCUT2D eigenvalue weighted by Gasteiger charge is 2.25. The Morgan fingerprint density at radius 3 is 2.64 bits per heavy atom. The SMILES string of the molecule is C=CC(=O)N(C)[C@@H](CS)C(=O)OSC. The molecule has 0 bridgehead atoms. The highest BCUT2D eigenvalue weighted by atomic mass is 32.2. The molecule has 0 aromatic carbocycles. The molecule has 0 aromatic rings. The van der Waals surface area contributed by atoms with Crippen LogP contribution in [0.25, 0.3) is 0 Å². The van der Waals surface area contributed by atoms with Gasteiger partial charge in [0.05, 0.1) is 12.0 Å². The van der Waals surface area contributed by atoms with Crippen LogP contribution in [-0.2, 0) is 13.8 Å². The van der Waals surface area contributed by atoms with Gasteiger partial charge in [0.2, 0.25) is 5.91 Å². The van der Waals surface area contributed by atoms with Crippen LogP contribution in [0.15, 0.2) is 12.7 Å². The third-order valence-corrected chi connectivity index (χ3v) is 2.28. The lowest BCUT2D eigenvalue weighted by Crippen LogP contribution is -2.43. The minimum absolute atomic E-state index is 0.218. The number of hydrogen-bond donors (Lipinski definition) is 1. The zero-order valence-electron chi connectivity index (χ0n) is 8.10. The van der Waals surface area contributed by atoms with Gasteiger partial charge in [0.1, 0.15) is 6.04 Å². The fraction of sp³-hybridized carbons (Fsp3) is 0.500. The largest absolute Gasteiger partial charge is 0.390 e. The molecule has 0 saturated heterocycles. The zero-order chi connectivity index (χ0) is 11.1. The first-order valence-corrected chi connectivity index (χ1v) is 5.61. The fourth-order valence-corrected chi connectivity index (χ4v) is 1.46. The van der Waals surface area contributed by atoms with E-state index in [1.165, 1.54) is 11.9 Å². The van der Waals surface area contributed by atoms with E-state index in [0.29, 0.717) is 0 Å². The smallest absolute Gasteiger partial charge is 0.341 e. The molecule has 0 spiro atoms. The van der Waals surface area contributed by atoms with E-state index in [1.807, 2.05) is 0 Å². The Kier molecular flexibility index (Phi) is 6.48. The van der Waals surface area contributed by atoms with Crippen LogP contribution in [0.2, 0.25) is 0 Å². The lowest BCUT2D eigenvalue weighted by Gasteiger charge is -2.23. The summed E-state index contributed by atoms with van der Waals surface area (Å²) in [6, 6.07) is -0.670. The van der Waals surface area contributed by atoms with E-state index in [2.05, 4.69) is 19.2 Å². The van der Waals surface area contributed by atoms with Crippen LogP contribution >= 0.6 is 24.7 Å². The van der Waals surface area contributed by atoms with Crippen LogP contribution in [0.5, 0.6) is 0 Å². The fourth-order valence-electron chi connectivity index (χ4n) is 0.790. The average Bonchev–Trinajstić information content (AvgIpc) is 2.18. The van der Waals surface area contributed by atoms with Gasteiger partial charge in [-0.3, -0.25) is 4.79 Å². The summed E-state index contributed by atoms with van der Waals surface area (Å²) in [6.45, 7) is 3.33. The molecule has 0 saturated carbocycles. The Morgan fingerprint density at radius 1 is 1.71 bits per heavy atom. The van der Waals surface area contributed by atoms with Crippen molar-refractivity contribution in [2.75, 3.05) is 19.1 Å². The molecule has 14 heavy (non-hydrogen) atoms. The van der Waals surface area contributed by atoms with Gasteiger partial charge in [-0.1, -0.05) is 6.58 Å². The molecule has 0 unspecified atom stereocenters. The van der Waals surface area contributed by atoms with E-state index < -0.39 is 12.0 Å². The number of carbonyl (C=O) groups excluding carboxylic acids is 2. The van der Waals surface area contributed by atoms with E-state index in [0.717, 1.165) is 18.1 Å². The zero-order valence-corrected chi connectivity index (χ0v) is 9.81. The topological polar surface area (TPSA) is 46.6 Å². The van der Waals surface area contributed by atoms with Crippen molar-refractivity contribution in [2.24, 2.45) is 0 Å². The molecule has 0 fully saturated rings. The Balaban J connectivity index is 4.46. The molecule has 4 nitrogen and oxygen atoms in total. The Bertz CT molecular complexity index is 233. The number of likely N-dealkylation sites (N-methyl/N-ethyl adjacent to an activating group) is 1. The van der Waals surface area contributed by atoms with E-state index in [-0.39, 0.29) is 11.7 Å². The normalized spacial score (nSPS) is 11.6. The maximum Gasteiger partial charge on any atom is 0.341 e. The van der Waals surface area contributed by atoms with Crippen molar-refractivity contribution in [3.8, 4) is 0 Å². The van der Waals surface area contributed by atoms with Gasteiger partial charge < -0.3 is 9.08 Å². The highest BCUT2D eigenvalue weighted by Crippen LogP contribution is 2.07. The first kappa shape index (κ1) is 13.4. The summed E-state index contributed by atoms with van der Waals surface area (Å²) in [6.07, 6.45) is 2.77. The van der Waals surface area contributed by atoms with Crippen LogP contribution in [0.3, 0.4) is 0 Å². The number of hydrogen-bond acceptors (Lipinski definition) is 5. The molecule has 1 amide bonds. The molecule has 0 radical (unpaired) electrons. The van der Waals surface area contributed by atoms with E-state index in [9.17, 15) is 9.59 Å². The first-order valence-electron chi connectivity index (χ1n) is 3.83. The second kappa shape index (κ2) is 6.78. The maximum absolute atomic E-state index is 11.3. The lowest BCUT2D eigenvalue weighted by molar-refractivity contribution is -0.143. The van der Waals surface area contributed by atoms with Crippen LogP contribution in [0, 0.1) is 0 Å². The van der Waals surface area contributed by atoms with E-state index >= 15 is 0 Å². The van der Waals surface area contributed by atoms with Crippen molar-refractivity contribution < 1.29 is 13.8 Å². The molecule has 0 aromatic heterocycles. The summed E-state index contributed by atoms with van der Waals surface area (Å²) in [5.74, 6) is -0.595. The molecule has 6 heteroatoms. The molecule has 0 heterocycles. The summed E-state index contributed by atoms with van der Waals surface area (Å²) >= 11 is 4.93. The number of nitrogens with zero attached hydrogens (tertiary/aromatic N) is 1. The second-order valence-corrected chi connectivity index (χ2v) is 3.29. The summed E-state index contributed by atoms with van der Waals surface area (Å²) in [5, 5.41) is 0. The van der Waals surface area contributed by atoms with Crippen molar-refractivity contribution in [2.45, 2.75) is 6.04 Å². The lowest BCUT2D eigenvalue weighted by atomic mass is 10.3. The van der Waals surface area contributed by atoms with Gasteiger partial charge in [-0.2, -0.15) is 12.6 Å². The minimum Gasteiger partial charge on any atom is -0.390 e. The van der Waals surface area contributed by atoms with Crippen molar-refractivity contribution in [1.29, 1.82) is 0 Å². The molecule has 0 rings (SSSR count). The second-order valence-electron chi connectivity index (χ2n) is 2.42. The predicted octanol–water partition coefficient (Wildman–Crippen LogP) is 0.750. The van der Waals surface area contributed by atoms with Gasteiger partial charge in [-0.25, -0.2) is 4.79 Å². The summed E-state index contributed by atoms with van der Waals surface area (Å²) in [5.41, 5.74) is 0. The monoisotopic (exact) mass is 235 g/mol. The number of carbonyl (C=O) groups is 2. The predicted molar refractivity (Wildman–Crippen MR) is 60.2 cm³/mol. The number of amides is 1. The molecule has 0 aliphatic heterocycles. The van der Waals surface area contributed by atoms with E-state index in [4.69, 9.17) is 4.18 Å². The van der Waals surface area contributed by atoms with Gasteiger partial charge in [-0.15, -0.1) is 0 Å². The molecule has 0 N–H and O–H groups in total. The number of rotatable bonds is 5. The van der Waals surface area contributed by atoms with Crippen molar-refractivity contribution in [3.05, 3.63) is 12.7 Å². The summed E-state index contributed by atoms with van der Waals surface area (Å²) in [7, 11) is 1.51. The average molecular weight is 235 g/mol. The van der Waals surface area contributed by atoms with Gasteiger partial charge in [-0.05, 0) is 6.08 Å². The van der Waals surface area contributed by atoms with Crippen LogP contribution < -0.4 is 0 Å². The Morgan fingerprint density at radius 2 is 2.29 bits per heavy atom. The van der Waals surface area contributed by atoms with Crippen molar-refractivity contribution in [1.82, 2.24) is 4.90 Å². The van der Waals surface area contributed by atoms with E-state index in [1.54, 1.807) is 6.26 Å². The molecular formula is C8H13NO3S2. The third-order valence-electron chi connectivity index (χ3n) is 1.60. The molecular weight excluding hydrogens is 222 g/mol. The van der Waals surface area contributed by atoms with Crippen LogP contribution in [-0.4, -0.2) is 41.9 Å². The Hall–Kier alpha value is -0.620. The van der Waals surface area contributed by atoms with Crippen LogP contribution in [0.1, 0.15) is 0 Å². The van der Waals surface area contributed by atoms with Gasteiger partial charge >= 0.3 is 5.97 Å². The van der Waals surface area contributed by atoms with Crippen LogP contribution in [0.4, 0.5) is 0 Å². The first-order chi connectivity index (χ1) is 6.58. The van der Waals surface area contributed by atoms with Crippen molar-refractivity contribution in [3.63, 3.8) is 0 Å². The number of thiol groups is 1. The van der Waals surface area contributed by atoms with Gasteiger partial charge in [0, 0.05) is 19.1 Å². The molecule has 0 aliphatic rings. The molecule has 1 atom stereocenters. The highest BCUT2D eigenvalue weighted by molar-refractivity contribution is 7.94. The maximum atomic E-state index is 11.3. The molecule has 80 valence electrons. The quantitative estimate of drug-likeness (QED) is 0.434. The standard InChI is InChI=1S/C8H13NO3S2/c1-4-7(10)9(2)6(5-13)8(11)12-14-3/h4,6,13H,1,5H2,2-3H3/t6-/m0/s1. The summed E-state index contributed by atoms with van der Waals surface area (Å²) < 4.78 is 4.71. The Labute approximate surface area is 93.3 Å². The summed E-state index contributed by atoms with van der Waals surface area (Å²) in [4.78, 5) is 23.7. The minimum atomic E-state index is -0.670. The van der Waals surface area contributed by atoms with Gasteiger partial charge in [0.25, 0.3) is 0 Å². The van der Waals surface area contributed by atoms with Crippen molar-refractivity contribution >= 4 is 36.5 Å².